The molecule has 1 unspecified atom stereocenters. The smallest absolute Gasteiger partial charge is 0.467 e. The molecule has 3 rings (SSSR count). The number of esters is 1. The molecule has 0 aliphatic carbocycles. The van der Waals surface area contributed by atoms with Crippen LogP contribution >= 0.6 is 0 Å². The van der Waals surface area contributed by atoms with E-state index in [1.165, 1.54) is 7.11 Å². The van der Waals surface area contributed by atoms with Crippen molar-refractivity contribution in [3.8, 4) is 11.1 Å². The molecule has 1 heterocycles. The average molecular weight is 481 g/mol. The number of rotatable bonds is 6. The fourth-order valence-electron chi connectivity index (χ4n) is 3.67. The van der Waals surface area contributed by atoms with Crippen LogP contribution in [0.2, 0.25) is 0 Å². The second-order valence-electron chi connectivity index (χ2n) is 10.8. The van der Waals surface area contributed by atoms with Gasteiger partial charge in [0, 0.05) is 6.42 Å². The van der Waals surface area contributed by atoms with Crippen molar-refractivity contribution in [1.82, 2.24) is 5.32 Å². The van der Waals surface area contributed by atoms with Gasteiger partial charge >= 0.3 is 19.2 Å². The van der Waals surface area contributed by atoms with Crippen LogP contribution in [0.3, 0.4) is 0 Å². The van der Waals surface area contributed by atoms with E-state index in [0.29, 0.717) is 0 Å². The van der Waals surface area contributed by atoms with Gasteiger partial charge in [-0.15, -0.1) is 0 Å². The van der Waals surface area contributed by atoms with Crippen molar-refractivity contribution in [2.75, 3.05) is 7.11 Å². The summed E-state index contributed by atoms with van der Waals surface area (Å²) in [5.74, 6) is -0.529. The molecule has 1 N–H and O–H groups in total. The lowest BCUT2D eigenvalue weighted by atomic mass is 9.78. The second-order valence-corrected chi connectivity index (χ2v) is 10.8. The van der Waals surface area contributed by atoms with Gasteiger partial charge in [-0.05, 0) is 70.6 Å². The number of hydrogen-bond acceptors (Lipinski definition) is 6. The summed E-state index contributed by atoms with van der Waals surface area (Å²) in [5.41, 5.74) is 2.51. The summed E-state index contributed by atoms with van der Waals surface area (Å²) in [6.07, 6.45) is -0.376. The molecule has 1 aliphatic rings. The van der Waals surface area contributed by atoms with Gasteiger partial charge in [-0.3, -0.25) is 0 Å². The van der Waals surface area contributed by atoms with Crippen LogP contribution in [0.4, 0.5) is 4.79 Å². The molecule has 35 heavy (non-hydrogen) atoms. The van der Waals surface area contributed by atoms with Gasteiger partial charge in [-0.2, -0.15) is 0 Å². The number of hydrogen-bond donors (Lipinski definition) is 1. The van der Waals surface area contributed by atoms with Crippen LogP contribution < -0.4 is 10.8 Å². The molecule has 0 bridgehead atoms. The number of benzene rings is 2. The second kappa shape index (κ2) is 10.0. The Kier molecular flexibility index (Phi) is 7.67. The number of ether oxygens (including phenoxy) is 2. The Morgan fingerprint density at radius 2 is 1.40 bits per heavy atom. The molecule has 0 spiro atoms. The van der Waals surface area contributed by atoms with Crippen LogP contribution in [-0.2, 0) is 30.0 Å². The first-order valence-corrected chi connectivity index (χ1v) is 11.8. The molecule has 1 saturated heterocycles. The minimum absolute atomic E-state index is 0.285. The predicted octanol–water partition coefficient (Wildman–Crippen LogP) is 4.26. The standard InChI is InChI=1S/C27H36BNO6/c1-25(2,3)33-24(31)29-22(23(30)32-8)17-18-9-11-19(12-10-18)20-13-15-21(16-14-20)28-34-26(4,5)27(6,7)35-28/h9-16,22H,17H2,1-8H3,(H,29,31). The van der Waals surface area contributed by atoms with Crippen LogP contribution in [-0.4, -0.2) is 49.1 Å². The van der Waals surface area contributed by atoms with Gasteiger partial charge in [0.25, 0.3) is 0 Å². The van der Waals surface area contributed by atoms with Gasteiger partial charge in [0.2, 0.25) is 0 Å². The van der Waals surface area contributed by atoms with E-state index in [9.17, 15) is 9.59 Å². The number of carbonyl (C=O) groups excluding carboxylic acids is 2. The van der Waals surface area contributed by atoms with E-state index in [1.807, 2.05) is 76.2 Å². The van der Waals surface area contributed by atoms with Crippen molar-refractivity contribution in [3.05, 3.63) is 54.1 Å². The summed E-state index contributed by atoms with van der Waals surface area (Å²) in [6, 6.07) is 15.1. The lowest BCUT2D eigenvalue weighted by Gasteiger charge is -2.32. The summed E-state index contributed by atoms with van der Waals surface area (Å²) in [5, 5.41) is 2.60. The lowest BCUT2D eigenvalue weighted by molar-refractivity contribution is -0.143. The van der Waals surface area contributed by atoms with E-state index in [2.05, 4.69) is 5.32 Å². The van der Waals surface area contributed by atoms with E-state index < -0.39 is 30.8 Å². The maximum Gasteiger partial charge on any atom is 0.494 e. The number of amides is 1. The zero-order chi connectivity index (χ0) is 26.0. The minimum Gasteiger partial charge on any atom is -0.467 e. The Hall–Kier alpha value is -2.84. The van der Waals surface area contributed by atoms with E-state index >= 15 is 0 Å². The molecular formula is C27H36BNO6. The van der Waals surface area contributed by atoms with Crippen LogP contribution in [0.15, 0.2) is 48.5 Å². The third-order valence-electron chi connectivity index (χ3n) is 6.34. The molecule has 1 atom stereocenters. The van der Waals surface area contributed by atoms with E-state index in [4.69, 9.17) is 18.8 Å². The highest BCUT2D eigenvalue weighted by molar-refractivity contribution is 6.62. The topological polar surface area (TPSA) is 83.1 Å². The molecular weight excluding hydrogens is 445 g/mol. The molecule has 1 aliphatic heterocycles. The van der Waals surface area contributed by atoms with Crippen molar-refractivity contribution < 1.29 is 28.4 Å². The summed E-state index contributed by atoms with van der Waals surface area (Å²) < 4.78 is 22.4. The highest BCUT2D eigenvalue weighted by Crippen LogP contribution is 2.36. The average Bonchev–Trinajstić information content (AvgIpc) is 2.99. The van der Waals surface area contributed by atoms with Crippen LogP contribution in [0.1, 0.15) is 54.0 Å². The Bertz CT molecular complexity index is 1020. The highest BCUT2D eigenvalue weighted by Gasteiger charge is 2.51. The maximum atomic E-state index is 12.2. The van der Waals surface area contributed by atoms with Gasteiger partial charge in [-0.1, -0.05) is 48.5 Å². The molecule has 8 heteroatoms. The first-order chi connectivity index (χ1) is 16.2. The molecule has 188 valence electrons. The Labute approximate surface area is 208 Å². The largest absolute Gasteiger partial charge is 0.494 e. The van der Waals surface area contributed by atoms with Gasteiger partial charge in [-0.25, -0.2) is 9.59 Å². The van der Waals surface area contributed by atoms with Crippen molar-refractivity contribution in [2.24, 2.45) is 0 Å². The quantitative estimate of drug-likeness (QED) is 0.491. The first-order valence-electron chi connectivity index (χ1n) is 11.8. The summed E-state index contributed by atoms with van der Waals surface area (Å²) in [4.78, 5) is 24.4. The number of carbonyl (C=O) groups is 2. The van der Waals surface area contributed by atoms with Crippen molar-refractivity contribution in [1.29, 1.82) is 0 Å². The molecule has 0 aromatic heterocycles. The Morgan fingerprint density at radius 3 is 1.86 bits per heavy atom. The van der Waals surface area contributed by atoms with Gasteiger partial charge in [0.15, 0.2) is 0 Å². The molecule has 1 amide bonds. The van der Waals surface area contributed by atoms with Crippen LogP contribution in [0, 0.1) is 0 Å². The summed E-state index contributed by atoms with van der Waals surface area (Å²) in [7, 11) is 0.895. The van der Waals surface area contributed by atoms with Crippen molar-refractivity contribution >= 4 is 24.6 Å². The van der Waals surface area contributed by atoms with Crippen LogP contribution in [0.5, 0.6) is 0 Å². The fraction of sp³-hybridized carbons (Fsp3) is 0.481. The van der Waals surface area contributed by atoms with E-state index in [0.717, 1.165) is 22.2 Å². The van der Waals surface area contributed by atoms with Gasteiger partial charge < -0.3 is 24.1 Å². The van der Waals surface area contributed by atoms with Crippen molar-refractivity contribution in [3.63, 3.8) is 0 Å². The number of alkyl carbamates (subject to hydrolysis) is 1. The monoisotopic (exact) mass is 481 g/mol. The molecule has 7 nitrogen and oxygen atoms in total. The zero-order valence-corrected chi connectivity index (χ0v) is 21.9. The molecule has 2 aromatic carbocycles. The number of methoxy groups -OCH3 is 1. The van der Waals surface area contributed by atoms with Crippen molar-refractivity contribution in [2.45, 2.75) is 77.7 Å². The SMILES string of the molecule is COC(=O)C(Cc1ccc(-c2ccc(B3OC(C)(C)C(C)(C)O3)cc2)cc1)NC(=O)OC(C)(C)C. The molecule has 0 radical (unpaired) electrons. The highest BCUT2D eigenvalue weighted by atomic mass is 16.7. The first kappa shape index (κ1) is 26.8. The molecule has 0 saturated carbocycles. The normalized spacial score (nSPS) is 17.5. The van der Waals surface area contributed by atoms with E-state index in [-0.39, 0.29) is 17.6 Å². The maximum absolute atomic E-state index is 12.2. The minimum atomic E-state index is -0.847. The Morgan fingerprint density at radius 1 is 0.914 bits per heavy atom. The summed E-state index contributed by atoms with van der Waals surface area (Å²) >= 11 is 0. The van der Waals surface area contributed by atoms with E-state index in [1.54, 1.807) is 20.8 Å². The molecule has 2 aromatic rings. The van der Waals surface area contributed by atoms with Gasteiger partial charge in [0.05, 0.1) is 18.3 Å². The zero-order valence-electron chi connectivity index (χ0n) is 21.9. The van der Waals surface area contributed by atoms with Crippen LogP contribution in [0.25, 0.3) is 11.1 Å². The summed E-state index contributed by atoms with van der Waals surface area (Å²) in [6.45, 7) is 13.4. The fourth-order valence-corrected chi connectivity index (χ4v) is 3.67. The van der Waals surface area contributed by atoms with Gasteiger partial charge in [0.1, 0.15) is 11.6 Å². The third-order valence-corrected chi connectivity index (χ3v) is 6.34. The number of nitrogens with one attached hydrogen (secondary N) is 1. The Balaban J connectivity index is 1.68. The third kappa shape index (κ3) is 6.64. The molecule has 1 fully saturated rings. The lowest BCUT2D eigenvalue weighted by Crippen LogP contribution is -2.45. The predicted molar refractivity (Wildman–Crippen MR) is 136 cm³/mol.